The number of carboxylic acid groups (broad SMARTS) is 1. The molecule has 0 heterocycles. The van der Waals surface area contributed by atoms with Crippen LogP contribution in [0.1, 0.15) is 13.3 Å². The number of hydrogen-bond acceptors (Lipinski definition) is 2. The molecule has 0 spiro atoms. The summed E-state index contributed by atoms with van der Waals surface area (Å²) in [5.41, 5.74) is 0. The zero-order chi connectivity index (χ0) is 8.15. The predicted molar refractivity (Wildman–Crippen MR) is 38.7 cm³/mol. The highest BCUT2D eigenvalue weighted by Crippen LogP contribution is 1.97. The van der Waals surface area contributed by atoms with Crippen molar-refractivity contribution in [2.45, 2.75) is 19.4 Å². The van der Waals surface area contributed by atoms with Crippen LogP contribution in [0.4, 0.5) is 4.79 Å². The first-order chi connectivity index (χ1) is 4.59. The van der Waals surface area contributed by atoms with Gasteiger partial charge in [0.15, 0.2) is 0 Å². The molecule has 0 aliphatic carbocycles. The first-order valence-corrected chi connectivity index (χ1v) is 3.04. The zero-order valence-electron chi connectivity index (χ0n) is 6.16. The van der Waals surface area contributed by atoms with Crippen LogP contribution in [0.25, 0.3) is 0 Å². The van der Waals surface area contributed by atoms with Crippen molar-refractivity contribution >= 4 is 12.3 Å². The molecule has 0 saturated heterocycles. The zero-order valence-corrected chi connectivity index (χ0v) is 6.16. The van der Waals surface area contributed by atoms with Gasteiger partial charge in [0.2, 0.25) is 0 Å². The highest BCUT2D eigenvalue weighted by Gasteiger charge is 2.11. The Morgan fingerprint density at radius 1 is 1.90 bits per heavy atom. The molecule has 58 valence electrons. The Labute approximate surface area is 60.0 Å². The summed E-state index contributed by atoms with van der Waals surface area (Å²) in [4.78, 5) is 11.5. The molecule has 4 heteroatoms. The SMILES string of the molecule is C[C@H](CC=N)N(C)C(=O)O. The van der Waals surface area contributed by atoms with Crippen molar-refractivity contribution in [2.24, 2.45) is 0 Å². The largest absolute Gasteiger partial charge is 0.465 e. The second kappa shape index (κ2) is 3.87. The fourth-order valence-corrected chi connectivity index (χ4v) is 0.517. The maximum atomic E-state index is 10.3. The Morgan fingerprint density at radius 2 is 2.40 bits per heavy atom. The smallest absolute Gasteiger partial charge is 0.407 e. The Hall–Kier alpha value is -1.06. The van der Waals surface area contributed by atoms with Crippen LogP contribution in [0.2, 0.25) is 0 Å². The molecule has 1 atom stereocenters. The van der Waals surface area contributed by atoms with Gasteiger partial charge in [-0.25, -0.2) is 4.79 Å². The number of rotatable bonds is 3. The number of nitrogens with one attached hydrogen (secondary N) is 1. The quantitative estimate of drug-likeness (QED) is 0.581. The molecule has 1 amide bonds. The summed E-state index contributed by atoms with van der Waals surface area (Å²) >= 11 is 0. The Kier molecular flexibility index (Phi) is 3.46. The van der Waals surface area contributed by atoms with Crippen LogP contribution in [0.15, 0.2) is 0 Å². The first-order valence-electron chi connectivity index (χ1n) is 3.04. The van der Waals surface area contributed by atoms with E-state index in [0.29, 0.717) is 6.42 Å². The van der Waals surface area contributed by atoms with E-state index in [0.717, 1.165) is 0 Å². The monoisotopic (exact) mass is 144 g/mol. The summed E-state index contributed by atoms with van der Waals surface area (Å²) in [6.07, 6.45) is 0.738. The molecule has 0 aromatic carbocycles. The molecular weight excluding hydrogens is 132 g/mol. The highest BCUT2D eigenvalue weighted by atomic mass is 16.4. The van der Waals surface area contributed by atoms with E-state index in [-0.39, 0.29) is 6.04 Å². The van der Waals surface area contributed by atoms with Crippen LogP contribution in [0.3, 0.4) is 0 Å². The van der Waals surface area contributed by atoms with Gasteiger partial charge in [0.05, 0.1) is 0 Å². The second-order valence-corrected chi connectivity index (χ2v) is 2.18. The van der Waals surface area contributed by atoms with Gasteiger partial charge in [-0.2, -0.15) is 0 Å². The predicted octanol–water partition coefficient (Wildman–Crippen LogP) is 1.02. The van der Waals surface area contributed by atoms with Gasteiger partial charge in [0.1, 0.15) is 0 Å². The van der Waals surface area contributed by atoms with Crippen molar-refractivity contribution in [1.29, 1.82) is 5.41 Å². The van der Waals surface area contributed by atoms with E-state index in [1.165, 1.54) is 18.2 Å². The van der Waals surface area contributed by atoms with Crippen molar-refractivity contribution in [3.8, 4) is 0 Å². The molecule has 0 bridgehead atoms. The van der Waals surface area contributed by atoms with E-state index in [2.05, 4.69) is 0 Å². The third-order valence-electron chi connectivity index (χ3n) is 1.42. The molecule has 10 heavy (non-hydrogen) atoms. The number of amides is 1. The minimum Gasteiger partial charge on any atom is -0.465 e. The molecule has 0 unspecified atom stereocenters. The molecule has 0 aliphatic rings. The van der Waals surface area contributed by atoms with Gasteiger partial charge < -0.3 is 15.4 Å². The normalized spacial score (nSPS) is 12.2. The molecule has 0 aliphatic heterocycles. The van der Waals surface area contributed by atoms with Crippen LogP contribution < -0.4 is 0 Å². The summed E-state index contributed by atoms with van der Waals surface area (Å²) in [6.45, 7) is 1.76. The molecule has 0 radical (unpaired) electrons. The van der Waals surface area contributed by atoms with E-state index >= 15 is 0 Å². The van der Waals surface area contributed by atoms with Crippen LogP contribution in [-0.4, -0.2) is 35.4 Å². The van der Waals surface area contributed by atoms with Crippen molar-refractivity contribution in [3.63, 3.8) is 0 Å². The third kappa shape index (κ3) is 2.48. The molecular formula is C6H12N2O2. The summed E-state index contributed by atoms with van der Waals surface area (Å²) in [6, 6.07) is -0.102. The van der Waals surface area contributed by atoms with Gasteiger partial charge >= 0.3 is 6.09 Å². The summed E-state index contributed by atoms with van der Waals surface area (Å²) in [5.74, 6) is 0. The van der Waals surface area contributed by atoms with Gasteiger partial charge in [0, 0.05) is 19.5 Å². The minimum atomic E-state index is -0.950. The van der Waals surface area contributed by atoms with Gasteiger partial charge in [-0.05, 0) is 13.1 Å². The molecule has 0 saturated carbocycles. The van der Waals surface area contributed by atoms with Crippen LogP contribution in [-0.2, 0) is 0 Å². The molecule has 0 aromatic rings. The Bertz CT molecular complexity index is 136. The van der Waals surface area contributed by atoms with E-state index in [4.69, 9.17) is 10.5 Å². The number of carbonyl (C=O) groups is 1. The minimum absolute atomic E-state index is 0.102. The average molecular weight is 144 g/mol. The van der Waals surface area contributed by atoms with E-state index in [9.17, 15) is 4.79 Å². The molecule has 4 nitrogen and oxygen atoms in total. The van der Waals surface area contributed by atoms with Crippen LogP contribution >= 0.6 is 0 Å². The van der Waals surface area contributed by atoms with Crippen molar-refractivity contribution in [3.05, 3.63) is 0 Å². The van der Waals surface area contributed by atoms with Crippen LogP contribution in [0.5, 0.6) is 0 Å². The fourth-order valence-electron chi connectivity index (χ4n) is 0.517. The third-order valence-corrected chi connectivity index (χ3v) is 1.42. The standard InChI is InChI=1S/C6H12N2O2/c1-5(3-4-7)8(2)6(9)10/h4-5,7H,3H2,1-2H3,(H,9,10)/t5-/m1/s1. The lowest BCUT2D eigenvalue weighted by molar-refractivity contribution is 0.143. The maximum Gasteiger partial charge on any atom is 0.407 e. The lowest BCUT2D eigenvalue weighted by atomic mass is 10.2. The Morgan fingerprint density at radius 3 is 2.70 bits per heavy atom. The summed E-state index contributed by atoms with van der Waals surface area (Å²) < 4.78 is 0. The highest BCUT2D eigenvalue weighted by molar-refractivity contribution is 5.66. The van der Waals surface area contributed by atoms with E-state index in [1.54, 1.807) is 6.92 Å². The van der Waals surface area contributed by atoms with Crippen molar-refractivity contribution in [2.75, 3.05) is 7.05 Å². The maximum absolute atomic E-state index is 10.3. The van der Waals surface area contributed by atoms with Crippen molar-refractivity contribution < 1.29 is 9.90 Å². The lowest BCUT2D eigenvalue weighted by Crippen LogP contribution is -2.33. The topological polar surface area (TPSA) is 64.4 Å². The van der Waals surface area contributed by atoms with Gasteiger partial charge in [-0.3, -0.25) is 0 Å². The Balaban J connectivity index is 3.80. The lowest BCUT2D eigenvalue weighted by Gasteiger charge is -2.19. The van der Waals surface area contributed by atoms with Gasteiger partial charge in [0.25, 0.3) is 0 Å². The molecule has 0 aromatic heterocycles. The fraction of sp³-hybridized carbons (Fsp3) is 0.667. The summed E-state index contributed by atoms with van der Waals surface area (Å²) in [7, 11) is 1.50. The average Bonchev–Trinajstić information content (AvgIpc) is 1.87. The number of nitrogens with zero attached hydrogens (tertiary/aromatic N) is 1. The molecule has 0 rings (SSSR count). The van der Waals surface area contributed by atoms with Gasteiger partial charge in [-0.1, -0.05) is 0 Å². The first kappa shape index (κ1) is 8.94. The molecule has 2 N–H and O–H groups in total. The van der Waals surface area contributed by atoms with E-state index < -0.39 is 6.09 Å². The number of hydrogen-bond donors (Lipinski definition) is 2. The van der Waals surface area contributed by atoms with Crippen molar-refractivity contribution in [1.82, 2.24) is 4.90 Å². The molecule has 0 fully saturated rings. The van der Waals surface area contributed by atoms with Crippen LogP contribution in [0, 0.1) is 5.41 Å². The van der Waals surface area contributed by atoms with Gasteiger partial charge in [-0.15, -0.1) is 0 Å². The van der Waals surface area contributed by atoms with E-state index in [1.807, 2.05) is 0 Å². The second-order valence-electron chi connectivity index (χ2n) is 2.18. The summed E-state index contributed by atoms with van der Waals surface area (Å²) in [5, 5.41) is 15.2.